The van der Waals surface area contributed by atoms with Crippen molar-refractivity contribution >= 4 is 0 Å². The first-order chi connectivity index (χ1) is 4.85. The molecule has 56 valence electrons. The van der Waals surface area contributed by atoms with Crippen LogP contribution in [-0.4, -0.2) is 18.0 Å². The molecule has 0 amide bonds. The average molecular weight is 137 g/mol. The van der Waals surface area contributed by atoms with Gasteiger partial charge in [0, 0.05) is 13.1 Å². The minimum absolute atomic E-state index is 1.23. The highest BCUT2D eigenvalue weighted by Crippen LogP contribution is 2.05. The Hall–Kier alpha value is -0.940. The van der Waals surface area contributed by atoms with Crippen molar-refractivity contribution in [3.05, 3.63) is 31.7 Å². The minimum atomic E-state index is 1.23. The zero-order chi connectivity index (χ0) is 7.82. The number of hydrogen-bond acceptors (Lipinski definition) is 1. The zero-order valence-electron chi connectivity index (χ0n) is 6.47. The summed E-state index contributed by atoms with van der Waals surface area (Å²) in [5.74, 6) is 0. The molecule has 0 atom stereocenters. The van der Waals surface area contributed by atoms with Gasteiger partial charge in [-0.05, 0) is 19.0 Å². The molecule has 0 saturated carbocycles. The van der Waals surface area contributed by atoms with Gasteiger partial charge in [0.05, 0.1) is 0 Å². The fraction of sp³-hybridized carbons (Fsp3) is 0.444. The number of nitrogens with zero attached hydrogens (tertiary/aromatic N) is 1. The second kappa shape index (κ2) is 6.18. The number of hydrogen-bond donors (Lipinski definition) is 0. The van der Waals surface area contributed by atoms with Crippen LogP contribution in [-0.2, 0) is 0 Å². The van der Waals surface area contributed by atoms with Gasteiger partial charge in [0.25, 0.3) is 0 Å². The first-order valence-corrected chi connectivity index (χ1v) is 3.51. The third-order valence-corrected chi connectivity index (χ3v) is 1.40. The Morgan fingerprint density at radius 2 is 1.60 bits per heavy atom. The van der Waals surface area contributed by atoms with E-state index in [-0.39, 0.29) is 0 Å². The predicted molar refractivity (Wildman–Crippen MR) is 45.8 cm³/mol. The van der Waals surface area contributed by atoms with E-state index in [1.807, 2.05) is 6.20 Å². The first-order valence-electron chi connectivity index (χ1n) is 3.51. The van der Waals surface area contributed by atoms with Crippen LogP contribution in [0, 0.1) is 0 Å². The Kier molecular flexibility index (Phi) is 5.60. The summed E-state index contributed by atoms with van der Waals surface area (Å²) in [7, 11) is 0. The molecule has 1 heterocycles. The monoisotopic (exact) mass is 137 g/mol. The van der Waals surface area contributed by atoms with Crippen LogP contribution in [0.1, 0.15) is 12.8 Å². The predicted octanol–water partition coefficient (Wildman–Crippen LogP) is 2.18. The molecule has 0 spiro atoms. The Bertz CT molecular complexity index is 115. The zero-order valence-corrected chi connectivity index (χ0v) is 6.47. The van der Waals surface area contributed by atoms with Gasteiger partial charge in [0.15, 0.2) is 0 Å². The van der Waals surface area contributed by atoms with Crippen LogP contribution in [0.2, 0.25) is 0 Å². The van der Waals surface area contributed by atoms with E-state index >= 15 is 0 Å². The molecule has 0 radical (unpaired) electrons. The molecular formula is C9H15N. The maximum absolute atomic E-state index is 3.67. The van der Waals surface area contributed by atoms with Crippen molar-refractivity contribution in [1.29, 1.82) is 0 Å². The third kappa shape index (κ3) is 3.99. The van der Waals surface area contributed by atoms with Gasteiger partial charge in [0.2, 0.25) is 0 Å². The topological polar surface area (TPSA) is 3.24 Å². The highest BCUT2D eigenvalue weighted by Gasteiger charge is 2.04. The van der Waals surface area contributed by atoms with Crippen molar-refractivity contribution in [2.24, 2.45) is 0 Å². The Morgan fingerprint density at radius 3 is 1.80 bits per heavy atom. The Morgan fingerprint density at radius 1 is 1.20 bits per heavy atom. The fourth-order valence-corrected chi connectivity index (χ4v) is 0.924. The molecule has 10 heavy (non-hydrogen) atoms. The summed E-state index contributed by atoms with van der Waals surface area (Å²) in [6.45, 7) is 12.4. The van der Waals surface area contributed by atoms with Crippen LogP contribution in [0.5, 0.6) is 0 Å². The molecule has 1 heteroatoms. The van der Waals surface area contributed by atoms with Crippen LogP contribution in [0.3, 0.4) is 0 Å². The molecule has 0 unspecified atom stereocenters. The van der Waals surface area contributed by atoms with Crippen molar-refractivity contribution < 1.29 is 0 Å². The third-order valence-electron chi connectivity index (χ3n) is 1.40. The summed E-state index contributed by atoms with van der Waals surface area (Å²) in [6, 6.07) is 0. The molecule has 0 bridgehead atoms. The number of rotatable bonds is 1. The van der Waals surface area contributed by atoms with Gasteiger partial charge < -0.3 is 4.90 Å². The maximum atomic E-state index is 3.67. The molecule has 1 rings (SSSR count). The normalized spacial score (nSPS) is 15.0. The second-order valence-electron chi connectivity index (χ2n) is 2.18. The lowest BCUT2D eigenvalue weighted by atomic mass is 10.4. The number of likely N-dealkylation sites (tertiary alicyclic amines) is 1. The summed E-state index contributed by atoms with van der Waals surface area (Å²) in [4.78, 5) is 2.25. The molecular weight excluding hydrogens is 122 g/mol. The lowest BCUT2D eigenvalue weighted by Gasteiger charge is -2.07. The minimum Gasteiger partial charge on any atom is -0.378 e. The van der Waals surface area contributed by atoms with Crippen LogP contribution in [0.25, 0.3) is 0 Å². The van der Waals surface area contributed by atoms with E-state index in [2.05, 4.69) is 30.4 Å². The van der Waals surface area contributed by atoms with Crippen LogP contribution in [0.4, 0.5) is 0 Å². The molecule has 0 N–H and O–H groups in total. The maximum Gasteiger partial charge on any atom is 0.0172 e. The van der Waals surface area contributed by atoms with Crippen LogP contribution < -0.4 is 0 Å². The van der Waals surface area contributed by atoms with Gasteiger partial charge >= 0.3 is 0 Å². The molecule has 1 fully saturated rings. The summed E-state index contributed by atoms with van der Waals surface area (Å²) in [5, 5.41) is 0. The van der Waals surface area contributed by atoms with Crippen LogP contribution in [0.15, 0.2) is 31.7 Å². The second-order valence-corrected chi connectivity index (χ2v) is 2.18. The van der Waals surface area contributed by atoms with Crippen molar-refractivity contribution in [2.45, 2.75) is 12.8 Å². The van der Waals surface area contributed by atoms with E-state index in [1.54, 1.807) is 0 Å². The molecule has 0 aromatic heterocycles. The van der Waals surface area contributed by atoms with Crippen molar-refractivity contribution in [3.63, 3.8) is 0 Å². The SMILES string of the molecule is C=C=C.C=CN1CCCC1. The summed E-state index contributed by atoms with van der Waals surface area (Å²) < 4.78 is 0. The van der Waals surface area contributed by atoms with E-state index in [9.17, 15) is 0 Å². The summed E-state index contributed by atoms with van der Waals surface area (Å²) in [5.41, 5.74) is 2.25. The summed E-state index contributed by atoms with van der Waals surface area (Å²) >= 11 is 0. The van der Waals surface area contributed by atoms with Gasteiger partial charge in [-0.3, -0.25) is 0 Å². The molecule has 0 aromatic carbocycles. The van der Waals surface area contributed by atoms with E-state index in [0.29, 0.717) is 0 Å². The van der Waals surface area contributed by atoms with Gasteiger partial charge in [-0.25, -0.2) is 0 Å². The van der Waals surface area contributed by atoms with Crippen molar-refractivity contribution in [1.82, 2.24) is 4.90 Å². The highest BCUT2D eigenvalue weighted by atomic mass is 15.1. The first kappa shape index (κ1) is 9.06. The smallest absolute Gasteiger partial charge is 0.0172 e. The molecule has 1 aliphatic heterocycles. The van der Waals surface area contributed by atoms with E-state index < -0.39 is 0 Å². The lowest BCUT2D eigenvalue weighted by molar-refractivity contribution is 0.469. The molecule has 0 aliphatic carbocycles. The van der Waals surface area contributed by atoms with Gasteiger partial charge in [-0.2, -0.15) is 0 Å². The fourth-order valence-electron chi connectivity index (χ4n) is 0.924. The quantitative estimate of drug-likeness (QED) is 0.501. The van der Waals surface area contributed by atoms with Gasteiger partial charge in [-0.15, -0.1) is 5.73 Å². The Labute approximate surface area is 63.3 Å². The van der Waals surface area contributed by atoms with Crippen LogP contribution >= 0.6 is 0 Å². The molecule has 1 nitrogen and oxygen atoms in total. The van der Waals surface area contributed by atoms with Gasteiger partial charge in [0.1, 0.15) is 0 Å². The molecule has 0 aromatic rings. The largest absolute Gasteiger partial charge is 0.378 e. The molecule has 1 aliphatic rings. The van der Waals surface area contributed by atoms with E-state index in [1.165, 1.54) is 25.9 Å². The molecule has 1 saturated heterocycles. The van der Waals surface area contributed by atoms with Crippen molar-refractivity contribution in [3.8, 4) is 0 Å². The summed E-state index contributed by atoms with van der Waals surface area (Å²) in [6.07, 6.45) is 4.63. The van der Waals surface area contributed by atoms with E-state index in [4.69, 9.17) is 0 Å². The average Bonchev–Trinajstić information content (AvgIpc) is 2.39. The lowest BCUT2D eigenvalue weighted by Crippen LogP contribution is -2.08. The van der Waals surface area contributed by atoms with Crippen molar-refractivity contribution in [2.75, 3.05) is 13.1 Å². The van der Waals surface area contributed by atoms with Gasteiger partial charge in [-0.1, -0.05) is 19.7 Å². The highest BCUT2D eigenvalue weighted by molar-refractivity contribution is 4.75. The standard InChI is InChI=1S/C6H11N.C3H4/c1-2-7-5-3-4-6-7;1-3-2/h2H,1,3-6H2;1-2H2. The Balaban J connectivity index is 0.000000236. The van der Waals surface area contributed by atoms with E-state index in [0.717, 1.165) is 0 Å².